The fourth-order valence-corrected chi connectivity index (χ4v) is 4.91. The molecule has 3 rings (SSSR count). The van der Waals surface area contributed by atoms with Crippen molar-refractivity contribution in [2.45, 2.75) is 25.2 Å². The molecule has 1 saturated heterocycles. The fraction of sp³-hybridized carbons (Fsp3) is 0.533. The first kappa shape index (κ1) is 17.6. The summed E-state index contributed by atoms with van der Waals surface area (Å²) in [5.74, 6) is -0.0366. The first-order valence-electron chi connectivity index (χ1n) is 8.04. The number of rotatable bonds is 5. The molecule has 1 aliphatic heterocycles. The standard InChI is InChI=1S/C15H21N5O4S/c1-10-5-11(2)8-19(7-10)25(22,23)12-3-4-13-14(6-12)20(18-17-13)24-9-15(16)21/h3-4,6,10-11H,5,7-9H2,1-2H3,(H2,16,21)/t10-,11+. The van der Waals surface area contributed by atoms with Crippen LogP contribution in [-0.2, 0) is 14.8 Å². The van der Waals surface area contributed by atoms with E-state index in [4.69, 9.17) is 10.6 Å². The largest absolute Gasteiger partial charge is 0.385 e. The van der Waals surface area contributed by atoms with E-state index >= 15 is 0 Å². The number of piperidine rings is 1. The molecule has 1 aromatic heterocycles. The molecular formula is C15H21N5O4S. The molecule has 0 radical (unpaired) electrons. The molecule has 2 atom stereocenters. The lowest BCUT2D eigenvalue weighted by molar-refractivity contribution is -0.123. The summed E-state index contributed by atoms with van der Waals surface area (Å²) < 4.78 is 27.5. The Morgan fingerprint density at radius 1 is 1.32 bits per heavy atom. The second-order valence-corrected chi connectivity index (χ2v) is 8.56. The van der Waals surface area contributed by atoms with E-state index in [1.165, 1.54) is 16.4 Å². The summed E-state index contributed by atoms with van der Waals surface area (Å²) in [6, 6.07) is 4.53. The van der Waals surface area contributed by atoms with E-state index in [1.807, 2.05) is 0 Å². The second kappa shape index (κ2) is 6.60. The van der Waals surface area contributed by atoms with Crippen LogP contribution in [0, 0.1) is 11.8 Å². The number of nitrogens with two attached hydrogens (primary N) is 1. The van der Waals surface area contributed by atoms with Gasteiger partial charge in [0.15, 0.2) is 6.61 Å². The third kappa shape index (κ3) is 3.59. The predicted molar refractivity (Wildman–Crippen MR) is 89.9 cm³/mol. The molecule has 1 amide bonds. The van der Waals surface area contributed by atoms with Crippen molar-refractivity contribution < 1.29 is 18.0 Å². The zero-order valence-corrected chi connectivity index (χ0v) is 14.9. The Morgan fingerprint density at radius 2 is 2.00 bits per heavy atom. The number of aromatic nitrogens is 3. The van der Waals surface area contributed by atoms with E-state index in [2.05, 4.69) is 24.2 Å². The first-order chi connectivity index (χ1) is 11.8. The Bertz CT molecular complexity index is 884. The lowest BCUT2D eigenvalue weighted by Gasteiger charge is -2.34. The highest BCUT2D eigenvalue weighted by Crippen LogP contribution is 2.27. The van der Waals surface area contributed by atoms with E-state index in [0.29, 0.717) is 36.0 Å². The number of benzene rings is 1. The zero-order valence-electron chi connectivity index (χ0n) is 14.1. The molecule has 136 valence electrons. The van der Waals surface area contributed by atoms with Gasteiger partial charge in [-0.15, -0.1) is 5.10 Å². The van der Waals surface area contributed by atoms with E-state index in [9.17, 15) is 13.2 Å². The molecular weight excluding hydrogens is 346 g/mol. The molecule has 2 aromatic rings. The van der Waals surface area contributed by atoms with Gasteiger partial charge in [0.1, 0.15) is 11.0 Å². The van der Waals surface area contributed by atoms with Crippen LogP contribution in [0.15, 0.2) is 23.1 Å². The SMILES string of the molecule is C[C@@H]1C[C@H](C)CN(S(=O)(=O)c2ccc3nnn(OCC(N)=O)c3c2)C1. The van der Waals surface area contributed by atoms with Crippen molar-refractivity contribution in [1.82, 2.24) is 19.5 Å². The summed E-state index contributed by atoms with van der Waals surface area (Å²) >= 11 is 0. The highest BCUT2D eigenvalue weighted by atomic mass is 32.2. The number of carbonyl (C=O) groups is 1. The number of amides is 1. The van der Waals surface area contributed by atoms with Gasteiger partial charge in [0.25, 0.3) is 5.91 Å². The molecule has 9 nitrogen and oxygen atoms in total. The van der Waals surface area contributed by atoms with Gasteiger partial charge in [-0.25, -0.2) is 8.42 Å². The predicted octanol–water partition coefficient (Wildman–Crippen LogP) is 0.0118. The Labute approximate surface area is 145 Å². The number of hydrogen-bond acceptors (Lipinski definition) is 6. The van der Waals surface area contributed by atoms with E-state index in [-0.39, 0.29) is 11.5 Å². The number of sulfonamides is 1. The highest BCUT2D eigenvalue weighted by Gasteiger charge is 2.32. The number of fused-ring (bicyclic) bond motifs is 1. The van der Waals surface area contributed by atoms with Crippen LogP contribution in [0.5, 0.6) is 0 Å². The van der Waals surface area contributed by atoms with Crippen LogP contribution in [-0.4, -0.2) is 53.5 Å². The first-order valence-corrected chi connectivity index (χ1v) is 9.48. The maximum absolute atomic E-state index is 13.0. The van der Waals surface area contributed by atoms with Gasteiger partial charge < -0.3 is 10.6 Å². The third-order valence-corrected chi connectivity index (χ3v) is 6.02. The van der Waals surface area contributed by atoms with Gasteiger partial charge in [0.05, 0.1) is 4.90 Å². The van der Waals surface area contributed by atoms with Gasteiger partial charge in [0, 0.05) is 13.1 Å². The van der Waals surface area contributed by atoms with Gasteiger partial charge in [-0.2, -0.15) is 4.31 Å². The number of hydrogen-bond donors (Lipinski definition) is 1. The van der Waals surface area contributed by atoms with Gasteiger partial charge in [-0.3, -0.25) is 4.79 Å². The minimum Gasteiger partial charge on any atom is -0.385 e. The van der Waals surface area contributed by atoms with Crippen molar-refractivity contribution in [2.75, 3.05) is 19.7 Å². The summed E-state index contributed by atoms with van der Waals surface area (Å²) in [5.41, 5.74) is 5.87. The molecule has 25 heavy (non-hydrogen) atoms. The summed E-state index contributed by atoms with van der Waals surface area (Å²) in [6.45, 7) is 4.73. The van der Waals surface area contributed by atoms with Gasteiger partial charge in [0.2, 0.25) is 10.0 Å². The molecule has 1 aromatic carbocycles. The quantitative estimate of drug-likeness (QED) is 0.795. The van der Waals surface area contributed by atoms with Crippen molar-refractivity contribution in [3.8, 4) is 0 Å². The van der Waals surface area contributed by atoms with Gasteiger partial charge >= 0.3 is 0 Å². The zero-order chi connectivity index (χ0) is 18.2. The van der Waals surface area contributed by atoms with Crippen LogP contribution in [0.1, 0.15) is 20.3 Å². The Morgan fingerprint density at radius 3 is 2.64 bits per heavy atom. The molecule has 10 heteroatoms. The molecule has 1 fully saturated rings. The van der Waals surface area contributed by atoms with Crippen LogP contribution >= 0.6 is 0 Å². The summed E-state index contributed by atoms with van der Waals surface area (Å²) in [7, 11) is -3.63. The molecule has 2 N–H and O–H groups in total. The molecule has 1 aliphatic rings. The minimum absolute atomic E-state index is 0.146. The highest BCUT2D eigenvalue weighted by molar-refractivity contribution is 7.89. The monoisotopic (exact) mass is 367 g/mol. The van der Waals surface area contributed by atoms with E-state index in [0.717, 1.165) is 11.3 Å². The van der Waals surface area contributed by atoms with E-state index < -0.39 is 15.9 Å². The minimum atomic E-state index is -3.63. The molecule has 2 heterocycles. The number of primary amides is 1. The molecule has 0 unspecified atom stereocenters. The van der Waals surface area contributed by atoms with Gasteiger partial charge in [-0.1, -0.05) is 18.7 Å². The Kier molecular flexibility index (Phi) is 4.65. The van der Waals surface area contributed by atoms with Crippen molar-refractivity contribution in [3.05, 3.63) is 18.2 Å². The molecule has 0 saturated carbocycles. The Balaban J connectivity index is 1.94. The van der Waals surface area contributed by atoms with Crippen molar-refractivity contribution in [1.29, 1.82) is 0 Å². The summed E-state index contributed by atoms with van der Waals surface area (Å²) in [4.78, 5) is 17.1. The van der Waals surface area contributed by atoms with Crippen molar-refractivity contribution in [3.63, 3.8) is 0 Å². The molecule has 0 spiro atoms. The average Bonchev–Trinajstić information content (AvgIpc) is 2.94. The lowest BCUT2D eigenvalue weighted by atomic mass is 9.94. The summed E-state index contributed by atoms with van der Waals surface area (Å²) in [5, 5.41) is 7.64. The normalized spacial score (nSPS) is 22.2. The van der Waals surface area contributed by atoms with Gasteiger partial charge in [-0.05, 0) is 41.7 Å². The number of nitrogens with zero attached hydrogens (tertiary/aromatic N) is 4. The second-order valence-electron chi connectivity index (χ2n) is 6.62. The Hall–Kier alpha value is -2.20. The fourth-order valence-electron chi connectivity index (χ4n) is 3.21. The van der Waals surface area contributed by atoms with Crippen LogP contribution in [0.2, 0.25) is 0 Å². The summed E-state index contributed by atoms with van der Waals surface area (Å²) in [6.07, 6.45) is 1.02. The smallest absolute Gasteiger partial charge is 0.258 e. The average molecular weight is 367 g/mol. The maximum atomic E-state index is 13.0. The van der Waals surface area contributed by atoms with Crippen LogP contribution < -0.4 is 10.6 Å². The van der Waals surface area contributed by atoms with Crippen LogP contribution in [0.3, 0.4) is 0 Å². The van der Waals surface area contributed by atoms with E-state index in [1.54, 1.807) is 6.07 Å². The maximum Gasteiger partial charge on any atom is 0.258 e. The van der Waals surface area contributed by atoms with Crippen molar-refractivity contribution in [2.24, 2.45) is 17.6 Å². The lowest BCUT2D eigenvalue weighted by Crippen LogP contribution is -2.42. The van der Waals surface area contributed by atoms with Crippen molar-refractivity contribution >= 4 is 27.0 Å². The van der Waals surface area contributed by atoms with Crippen LogP contribution in [0.25, 0.3) is 11.0 Å². The number of carbonyl (C=O) groups excluding carboxylic acids is 1. The molecule has 0 bridgehead atoms. The van der Waals surface area contributed by atoms with Crippen LogP contribution in [0.4, 0.5) is 0 Å². The molecule has 0 aliphatic carbocycles. The third-order valence-electron chi connectivity index (χ3n) is 4.19. The topological polar surface area (TPSA) is 120 Å².